The topological polar surface area (TPSA) is 37.8 Å². The van der Waals surface area contributed by atoms with Gasteiger partial charge < -0.3 is 5.32 Å². The minimum Gasteiger partial charge on any atom is -0.365 e. The Balaban J connectivity index is 2.87. The van der Waals surface area contributed by atoms with Crippen LogP contribution in [0.3, 0.4) is 0 Å². The van der Waals surface area contributed by atoms with E-state index in [2.05, 4.69) is 49.9 Å². The summed E-state index contributed by atoms with van der Waals surface area (Å²) >= 11 is 5.98. The fraction of sp³-hybridized carbons (Fsp3) is 0.692. The zero-order chi connectivity index (χ0) is 13.3. The van der Waals surface area contributed by atoms with Crippen LogP contribution >= 0.6 is 11.6 Å². The van der Waals surface area contributed by atoms with Gasteiger partial charge in [0, 0.05) is 11.1 Å². The van der Waals surface area contributed by atoms with Crippen LogP contribution in [0.1, 0.15) is 46.6 Å². The number of hydrogen-bond acceptors (Lipinski definition) is 3. The Bertz CT molecular complexity index is 394. The highest BCUT2D eigenvalue weighted by Crippen LogP contribution is 2.30. The van der Waals surface area contributed by atoms with Crippen molar-refractivity contribution in [1.29, 1.82) is 0 Å². The molecule has 0 fully saturated rings. The van der Waals surface area contributed by atoms with Crippen molar-refractivity contribution < 1.29 is 0 Å². The van der Waals surface area contributed by atoms with E-state index in [0.717, 1.165) is 17.8 Å². The Labute approximate surface area is 109 Å². The predicted octanol–water partition coefficient (Wildman–Crippen LogP) is 4.07. The lowest BCUT2D eigenvalue weighted by Crippen LogP contribution is -2.36. The maximum absolute atomic E-state index is 5.98. The van der Waals surface area contributed by atoms with Crippen LogP contribution in [0.5, 0.6) is 0 Å². The van der Waals surface area contributed by atoms with E-state index in [0.29, 0.717) is 5.15 Å². The third kappa shape index (κ3) is 4.50. The van der Waals surface area contributed by atoms with E-state index in [1.54, 1.807) is 0 Å². The minimum atomic E-state index is -0.0271. The van der Waals surface area contributed by atoms with Crippen molar-refractivity contribution in [2.24, 2.45) is 5.41 Å². The number of nitrogens with one attached hydrogen (secondary N) is 1. The van der Waals surface area contributed by atoms with Crippen LogP contribution in [0.4, 0.5) is 5.82 Å². The molecule has 0 spiro atoms. The van der Waals surface area contributed by atoms with Crippen molar-refractivity contribution in [3.63, 3.8) is 0 Å². The summed E-state index contributed by atoms with van der Waals surface area (Å²) in [5.41, 5.74) is 1.14. The summed E-state index contributed by atoms with van der Waals surface area (Å²) < 4.78 is 0. The van der Waals surface area contributed by atoms with E-state index in [-0.39, 0.29) is 11.0 Å². The summed E-state index contributed by atoms with van der Waals surface area (Å²) in [5, 5.41) is 3.96. The van der Waals surface area contributed by atoms with Gasteiger partial charge in [-0.25, -0.2) is 9.97 Å². The van der Waals surface area contributed by atoms with Gasteiger partial charge in [-0.2, -0.15) is 0 Å². The van der Waals surface area contributed by atoms with Gasteiger partial charge in [-0.3, -0.25) is 0 Å². The number of hydrogen-bond donors (Lipinski definition) is 1. The number of anilines is 1. The Morgan fingerprint density at radius 3 is 2.29 bits per heavy atom. The third-order valence-corrected chi connectivity index (χ3v) is 2.83. The maximum atomic E-state index is 5.98. The molecule has 0 radical (unpaired) electrons. The Hall–Kier alpha value is -0.830. The van der Waals surface area contributed by atoms with Crippen molar-refractivity contribution in [2.45, 2.75) is 53.5 Å². The Morgan fingerprint density at radius 1 is 1.18 bits per heavy atom. The molecule has 0 amide bonds. The van der Waals surface area contributed by atoms with Crippen LogP contribution in [-0.4, -0.2) is 15.5 Å². The molecule has 0 unspecified atom stereocenters. The van der Waals surface area contributed by atoms with Crippen LogP contribution in [0, 0.1) is 12.3 Å². The molecule has 0 bridgehead atoms. The first-order chi connectivity index (χ1) is 7.61. The lowest BCUT2D eigenvalue weighted by atomic mass is 9.82. The molecule has 96 valence electrons. The first kappa shape index (κ1) is 14.2. The smallest absolute Gasteiger partial charge is 0.137 e. The Morgan fingerprint density at radius 2 is 1.76 bits per heavy atom. The molecule has 1 heterocycles. The van der Waals surface area contributed by atoms with Gasteiger partial charge in [0.1, 0.15) is 17.3 Å². The van der Waals surface area contributed by atoms with Gasteiger partial charge in [0.2, 0.25) is 0 Å². The fourth-order valence-corrected chi connectivity index (χ4v) is 2.38. The normalized spacial score (nSPS) is 12.6. The average molecular weight is 256 g/mol. The molecule has 1 aromatic heterocycles. The fourth-order valence-electron chi connectivity index (χ4n) is 2.25. The highest BCUT2D eigenvalue weighted by Gasteiger charge is 2.26. The monoisotopic (exact) mass is 255 g/mol. The highest BCUT2D eigenvalue weighted by atomic mass is 35.5. The van der Waals surface area contributed by atoms with Gasteiger partial charge in [0.15, 0.2) is 0 Å². The number of halogens is 1. The second-order valence-corrected chi connectivity index (χ2v) is 6.74. The van der Waals surface area contributed by atoms with Crippen molar-refractivity contribution in [2.75, 3.05) is 5.32 Å². The number of aromatic nitrogens is 2. The van der Waals surface area contributed by atoms with E-state index >= 15 is 0 Å². The molecule has 1 aromatic rings. The van der Waals surface area contributed by atoms with Gasteiger partial charge in [0.25, 0.3) is 0 Å². The summed E-state index contributed by atoms with van der Waals surface area (Å²) in [4.78, 5) is 8.21. The first-order valence-corrected chi connectivity index (χ1v) is 6.24. The zero-order valence-corrected chi connectivity index (χ0v) is 12.3. The summed E-state index contributed by atoms with van der Waals surface area (Å²) in [6.45, 7) is 13.0. The van der Waals surface area contributed by atoms with E-state index in [4.69, 9.17) is 11.6 Å². The standard InChI is InChI=1S/C13H22ClN3/c1-9-10(14)15-8-16-11(9)17-13(5,6)7-12(2,3)4/h8H,7H2,1-6H3,(H,15,16,17). The van der Waals surface area contributed by atoms with Crippen LogP contribution in [0.2, 0.25) is 5.15 Å². The Kier molecular flexibility index (Phi) is 4.03. The van der Waals surface area contributed by atoms with E-state index in [1.165, 1.54) is 6.33 Å². The van der Waals surface area contributed by atoms with E-state index in [1.807, 2.05) is 6.92 Å². The van der Waals surface area contributed by atoms with Gasteiger partial charge in [0.05, 0.1) is 0 Å². The molecule has 1 rings (SSSR count). The van der Waals surface area contributed by atoms with Gasteiger partial charge in [-0.05, 0) is 32.6 Å². The summed E-state index contributed by atoms with van der Waals surface area (Å²) in [7, 11) is 0. The molecule has 0 aliphatic rings. The summed E-state index contributed by atoms with van der Waals surface area (Å²) in [6.07, 6.45) is 2.53. The molecular weight excluding hydrogens is 234 g/mol. The average Bonchev–Trinajstić information content (AvgIpc) is 2.08. The summed E-state index contributed by atoms with van der Waals surface area (Å²) in [6, 6.07) is 0. The second kappa shape index (κ2) is 4.81. The lowest BCUT2D eigenvalue weighted by Gasteiger charge is -2.34. The van der Waals surface area contributed by atoms with Gasteiger partial charge >= 0.3 is 0 Å². The maximum Gasteiger partial charge on any atom is 0.137 e. The number of nitrogens with zero attached hydrogens (tertiary/aromatic N) is 2. The van der Waals surface area contributed by atoms with Crippen LogP contribution in [0.15, 0.2) is 6.33 Å². The largest absolute Gasteiger partial charge is 0.365 e. The first-order valence-electron chi connectivity index (χ1n) is 5.86. The van der Waals surface area contributed by atoms with E-state index < -0.39 is 0 Å². The summed E-state index contributed by atoms with van der Waals surface area (Å²) in [5.74, 6) is 0.819. The molecule has 0 atom stereocenters. The third-order valence-electron chi connectivity index (χ3n) is 2.45. The van der Waals surface area contributed by atoms with Crippen LogP contribution in [-0.2, 0) is 0 Å². The quantitative estimate of drug-likeness (QED) is 0.828. The molecule has 0 aliphatic carbocycles. The van der Waals surface area contributed by atoms with Crippen molar-refractivity contribution >= 4 is 17.4 Å². The second-order valence-electron chi connectivity index (χ2n) is 6.38. The molecule has 17 heavy (non-hydrogen) atoms. The molecule has 0 saturated heterocycles. The predicted molar refractivity (Wildman–Crippen MR) is 73.6 cm³/mol. The number of rotatable bonds is 3. The van der Waals surface area contributed by atoms with Crippen molar-refractivity contribution in [3.05, 3.63) is 17.0 Å². The molecule has 1 N–H and O–H groups in total. The van der Waals surface area contributed by atoms with Crippen LogP contribution in [0.25, 0.3) is 0 Å². The minimum absolute atomic E-state index is 0.0271. The van der Waals surface area contributed by atoms with Crippen molar-refractivity contribution in [3.8, 4) is 0 Å². The van der Waals surface area contributed by atoms with Gasteiger partial charge in [-0.1, -0.05) is 32.4 Å². The SMILES string of the molecule is Cc1c(Cl)ncnc1NC(C)(C)CC(C)(C)C. The molecule has 0 saturated carbocycles. The van der Waals surface area contributed by atoms with Crippen LogP contribution < -0.4 is 5.32 Å². The molecule has 4 heteroatoms. The molecule has 3 nitrogen and oxygen atoms in total. The zero-order valence-electron chi connectivity index (χ0n) is 11.6. The van der Waals surface area contributed by atoms with E-state index in [9.17, 15) is 0 Å². The van der Waals surface area contributed by atoms with Gasteiger partial charge in [-0.15, -0.1) is 0 Å². The molecule has 0 aromatic carbocycles. The lowest BCUT2D eigenvalue weighted by molar-refractivity contribution is 0.302. The molecule has 0 aliphatic heterocycles. The van der Waals surface area contributed by atoms with Crippen molar-refractivity contribution in [1.82, 2.24) is 9.97 Å². The molecular formula is C13H22ClN3. The highest BCUT2D eigenvalue weighted by molar-refractivity contribution is 6.30.